The van der Waals surface area contributed by atoms with Crippen molar-refractivity contribution in [1.29, 1.82) is 0 Å². The Morgan fingerprint density at radius 3 is 2.15 bits per heavy atom. The van der Waals surface area contributed by atoms with Gasteiger partial charge in [-0.1, -0.05) is 23.2 Å². The number of nitrogens with zero attached hydrogens (tertiary/aromatic N) is 1. The molecule has 0 saturated heterocycles. The molecule has 2 rings (SSSR count). The number of hydrazine groups is 1. The smallest absolute Gasteiger partial charge is 0.266 e. The lowest BCUT2D eigenvalue weighted by molar-refractivity contribution is 0.0945. The van der Waals surface area contributed by atoms with Crippen molar-refractivity contribution in [3.8, 4) is 0 Å². The summed E-state index contributed by atoms with van der Waals surface area (Å²) in [7, 11) is -3.97. The Balaban J connectivity index is 2.06. The van der Waals surface area contributed by atoms with Crippen LogP contribution in [0.15, 0.2) is 47.4 Å². The second-order valence-corrected chi connectivity index (χ2v) is 7.85. The first-order valence-electron chi connectivity index (χ1n) is 7.90. The zero-order valence-corrected chi connectivity index (χ0v) is 16.6. The number of rotatable bonds is 7. The van der Waals surface area contributed by atoms with Gasteiger partial charge in [0.25, 0.3) is 15.9 Å². The van der Waals surface area contributed by atoms with Gasteiger partial charge in [-0.2, -0.15) is 0 Å². The summed E-state index contributed by atoms with van der Waals surface area (Å²) >= 11 is 11.6. The van der Waals surface area contributed by atoms with Crippen LogP contribution >= 0.6 is 23.2 Å². The van der Waals surface area contributed by atoms with Gasteiger partial charge in [0.1, 0.15) is 0 Å². The first kappa shape index (κ1) is 20.5. The van der Waals surface area contributed by atoms with Gasteiger partial charge in [0, 0.05) is 24.3 Å². The molecule has 140 valence electrons. The van der Waals surface area contributed by atoms with E-state index < -0.39 is 15.9 Å². The summed E-state index contributed by atoms with van der Waals surface area (Å²) in [6.45, 7) is 5.79. The van der Waals surface area contributed by atoms with Crippen molar-refractivity contribution < 1.29 is 13.2 Å². The maximum absolute atomic E-state index is 12.2. The van der Waals surface area contributed by atoms with E-state index >= 15 is 0 Å². The first-order chi connectivity index (χ1) is 12.3. The molecule has 0 unspecified atom stereocenters. The number of halogens is 2. The largest absolute Gasteiger partial charge is 0.372 e. The SMILES string of the molecule is CCN(CC)c1ccc(C(=O)NNS(=O)(=O)c2ccc(Cl)c(Cl)c2)cc1. The van der Waals surface area contributed by atoms with E-state index in [0.717, 1.165) is 18.8 Å². The number of carbonyl (C=O) groups is 1. The fourth-order valence-electron chi connectivity index (χ4n) is 2.30. The second-order valence-electron chi connectivity index (χ2n) is 5.35. The molecule has 0 radical (unpaired) electrons. The van der Waals surface area contributed by atoms with Gasteiger partial charge in [0.2, 0.25) is 0 Å². The van der Waals surface area contributed by atoms with Gasteiger partial charge in [-0.15, -0.1) is 4.83 Å². The third kappa shape index (κ3) is 4.88. The molecule has 1 amide bonds. The number of carbonyl (C=O) groups excluding carboxylic acids is 1. The van der Waals surface area contributed by atoms with E-state index in [1.807, 2.05) is 30.8 Å². The fourth-order valence-corrected chi connectivity index (χ4v) is 3.53. The van der Waals surface area contributed by atoms with Crippen LogP contribution in [-0.2, 0) is 10.0 Å². The maximum Gasteiger partial charge on any atom is 0.266 e. The maximum atomic E-state index is 12.2. The number of benzene rings is 2. The second kappa shape index (κ2) is 8.73. The van der Waals surface area contributed by atoms with E-state index in [4.69, 9.17) is 23.2 Å². The fraction of sp³-hybridized carbons (Fsp3) is 0.235. The van der Waals surface area contributed by atoms with Crippen molar-refractivity contribution in [2.24, 2.45) is 0 Å². The van der Waals surface area contributed by atoms with Crippen LogP contribution < -0.4 is 15.2 Å². The molecule has 0 atom stereocenters. The molecule has 9 heteroatoms. The van der Waals surface area contributed by atoms with E-state index in [1.165, 1.54) is 18.2 Å². The highest BCUT2D eigenvalue weighted by Gasteiger charge is 2.17. The van der Waals surface area contributed by atoms with Crippen LogP contribution in [-0.4, -0.2) is 27.4 Å². The predicted molar refractivity (Wildman–Crippen MR) is 104 cm³/mol. The Morgan fingerprint density at radius 1 is 1.00 bits per heavy atom. The van der Waals surface area contributed by atoms with Crippen molar-refractivity contribution in [2.75, 3.05) is 18.0 Å². The highest BCUT2D eigenvalue weighted by Crippen LogP contribution is 2.24. The van der Waals surface area contributed by atoms with Crippen LogP contribution in [0.3, 0.4) is 0 Å². The molecule has 0 fully saturated rings. The number of sulfonamides is 1. The Labute approximate surface area is 163 Å². The third-order valence-electron chi connectivity index (χ3n) is 3.76. The van der Waals surface area contributed by atoms with Gasteiger partial charge >= 0.3 is 0 Å². The van der Waals surface area contributed by atoms with E-state index in [-0.39, 0.29) is 14.9 Å². The Kier molecular flexibility index (Phi) is 6.88. The van der Waals surface area contributed by atoms with Gasteiger partial charge in [-0.25, -0.2) is 8.42 Å². The summed E-state index contributed by atoms with van der Waals surface area (Å²) in [5, 5.41) is 0.343. The van der Waals surface area contributed by atoms with Crippen LogP contribution in [0.4, 0.5) is 5.69 Å². The lowest BCUT2D eigenvalue weighted by atomic mass is 10.2. The third-order valence-corrected chi connectivity index (χ3v) is 5.74. The van der Waals surface area contributed by atoms with Crippen LogP contribution in [0.2, 0.25) is 10.0 Å². The molecular formula is C17H19Cl2N3O3S. The molecule has 2 aromatic carbocycles. The van der Waals surface area contributed by atoms with Gasteiger partial charge in [0.15, 0.2) is 0 Å². The lowest BCUT2D eigenvalue weighted by Crippen LogP contribution is -2.41. The van der Waals surface area contributed by atoms with Crippen LogP contribution in [0.1, 0.15) is 24.2 Å². The number of anilines is 1. The minimum atomic E-state index is -3.97. The van der Waals surface area contributed by atoms with Crippen molar-refractivity contribution >= 4 is 44.8 Å². The highest BCUT2D eigenvalue weighted by atomic mass is 35.5. The van der Waals surface area contributed by atoms with E-state index in [0.29, 0.717) is 5.56 Å². The van der Waals surface area contributed by atoms with Gasteiger partial charge in [-0.05, 0) is 56.3 Å². The number of nitrogens with one attached hydrogen (secondary N) is 2. The van der Waals surface area contributed by atoms with Gasteiger partial charge in [-0.3, -0.25) is 10.2 Å². The molecule has 0 aromatic heterocycles. The summed E-state index contributed by atoms with van der Waals surface area (Å²) in [4.78, 5) is 16.2. The normalized spacial score (nSPS) is 11.2. The summed E-state index contributed by atoms with van der Waals surface area (Å²) in [6, 6.07) is 10.8. The van der Waals surface area contributed by atoms with Gasteiger partial charge < -0.3 is 4.90 Å². The van der Waals surface area contributed by atoms with Crippen molar-refractivity contribution in [1.82, 2.24) is 10.3 Å². The molecule has 0 saturated carbocycles. The van der Waals surface area contributed by atoms with Crippen molar-refractivity contribution in [2.45, 2.75) is 18.7 Å². The monoisotopic (exact) mass is 415 g/mol. The average molecular weight is 416 g/mol. The molecule has 2 N–H and O–H groups in total. The van der Waals surface area contributed by atoms with Gasteiger partial charge in [0.05, 0.1) is 14.9 Å². The number of hydrogen-bond acceptors (Lipinski definition) is 4. The number of amides is 1. The molecular weight excluding hydrogens is 397 g/mol. The summed E-state index contributed by atoms with van der Waals surface area (Å²) in [6.07, 6.45) is 0. The summed E-state index contributed by atoms with van der Waals surface area (Å²) in [5.41, 5.74) is 3.50. The molecule has 0 aliphatic heterocycles. The standard InChI is InChI=1S/C17H19Cl2N3O3S/c1-3-22(4-2)13-7-5-12(6-8-13)17(23)20-21-26(24,25)14-9-10-15(18)16(19)11-14/h5-11,21H,3-4H2,1-2H3,(H,20,23). The summed E-state index contributed by atoms with van der Waals surface area (Å²) < 4.78 is 24.4. The minimum absolute atomic E-state index is 0.104. The van der Waals surface area contributed by atoms with E-state index in [2.05, 4.69) is 10.3 Å². The molecule has 0 aliphatic carbocycles. The molecule has 2 aromatic rings. The molecule has 0 spiro atoms. The molecule has 26 heavy (non-hydrogen) atoms. The Bertz CT molecular complexity index is 883. The highest BCUT2D eigenvalue weighted by molar-refractivity contribution is 7.89. The van der Waals surface area contributed by atoms with Crippen LogP contribution in [0, 0.1) is 0 Å². The van der Waals surface area contributed by atoms with Crippen molar-refractivity contribution in [3.05, 3.63) is 58.1 Å². The Morgan fingerprint density at radius 2 is 1.62 bits per heavy atom. The predicted octanol–water partition coefficient (Wildman–Crippen LogP) is 3.46. The lowest BCUT2D eigenvalue weighted by Gasteiger charge is -2.21. The van der Waals surface area contributed by atoms with Crippen LogP contribution in [0.5, 0.6) is 0 Å². The molecule has 0 aliphatic rings. The van der Waals surface area contributed by atoms with E-state index in [9.17, 15) is 13.2 Å². The molecule has 6 nitrogen and oxygen atoms in total. The van der Waals surface area contributed by atoms with Crippen LogP contribution in [0.25, 0.3) is 0 Å². The average Bonchev–Trinajstić information content (AvgIpc) is 2.63. The molecule has 0 heterocycles. The first-order valence-corrected chi connectivity index (χ1v) is 10.1. The zero-order chi connectivity index (χ0) is 19.3. The van der Waals surface area contributed by atoms with E-state index in [1.54, 1.807) is 12.1 Å². The van der Waals surface area contributed by atoms with Crippen molar-refractivity contribution in [3.63, 3.8) is 0 Å². The Hall–Kier alpha value is -1.80. The quantitative estimate of drug-likeness (QED) is 0.678. The summed E-state index contributed by atoms with van der Waals surface area (Å²) in [5.74, 6) is -0.570. The number of hydrogen-bond donors (Lipinski definition) is 2. The molecule has 0 bridgehead atoms. The minimum Gasteiger partial charge on any atom is -0.372 e. The topological polar surface area (TPSA) is 78.5 Å². The zero-order valence-electron chi connectivity index (χ0n) is 14.3.